The molecule has 0 saturated carbocycles. The Hall–Kier alpha value is -1.92. The Kier molecular flexibility index (Phi) is 4.27. The van der Waals surface area contributed by atoms with Crippen molar-refractivity contribution in [2.75, 3.05) is 32.2 Å². The number of ether oxygens (including phenoxy) is 2. The number of imidazole rings is 1. The number of carbonyl (C=O) groups excluding carboxylic acids is 1. The SMILES string of the molecule is COCCOCC(=O)Nc1ncc2ccccn12. The van der Waals surface area contributed by atoms with E-state index in [1.165, 1.54) is 0 Å². The molecule has 0 saturated heterocycles. The van der Waals surface area contributed by atoms with Gasteiger partial charge in [-0.3, -0.25) is 14.5 Å². The maximum atomic E-state index is 11.6. The quantitative estimate of drug-likeness (QED) is 0.774. The zero-order valence-corrected chi connectivity index (χ0v) is 10.1. The number of anilines is 1. The van der Waals surface area contributed by atoms with Crippen LogP contribution in [0.3, 0.4) is 0 Å². The van der Waals surface area contributed by atoms with Crippen molar-refractivity contribution in [3.05, 3.63) is 30.6 Å². The number of hydrogen-bond donors (Lipinski definition) is 1. The second-order valence-corrected chi connectivity index (χ2v) is 3.67. The second-order valence-electron chi connectivity index (χ2n) is 3.67. The van der Waals surface area contributed by atoms with Crippen molar-refractivity contribution in [3.63, 3.8) is 0 Å². The van der Waals surface area contributed by atoms with Crippen LogP contribution in [-0.2, 0) is 14.3 Å². The third kappa shape index (κ3) is 3.06. The number of fused-ring (bicyclic) bond motifs is 1. The molecule has 0 bridgehead atoms. The summed E-state index contributed by atoms with van der Waals surface area (Å²) in [6.07, 6.45) is 3.53. The summed E-state index contributed by atoms with van der Waals surface area (Å²) >= 11 is 0. The van der Waals surface area contributed by atoms with Gasteiger partial charge in [-0.05, 0) is 12.1 Å². The van der Waals surface area contributed by atoms with Crippen molar-refractivity contribution >= 4 is 17.4 Å². The molecular weight excluding hydrogens is 234 g/mol. The normalized spacial score (nSPS) is 10.7. The Labute approximate surface area is 105 Å². The number of rotatable bonds is 6. The van der Waals surface area contributed by atoms with E-state index in [0.717, 1.165) is 5.52 Å². The highest BCUT2D eigenvalue weighted by molar-refractivity contribution is 5.90. The second kappa shape index (κ2) is 6.13. The molecule has 6 nitrogen and oxygen atoms in total. The zero-order chi connectivity index (χ0) is 12.8. The largest absolute Gasteiger partial charge is 0.382 e. The first-order valence-corrected chi connectivity index (χ1v) is 5.60. The summed E-state index contributed by atoms with van der Waals surface area (Å²) in [5.74, 6) is 0.258. The van der Waals surface area contributed by atoms with Gasteiger partial charge in [0, 0.05) is 13.3 Å². The van der Waals surface area contributed by atoms with Gasteiger partial charge in [-0.25, -0.2) is 4.98 Å². The molecule has 0 aromatic carbocycles. The van der Waals surface area contributed by atoms with Gasteiger partial charge in [-0.1, -0.05) is 6.07 Å². The summed E-state index contributed by atoms with van der Waals surface area (Å²) in [6.45, 7) is 0.858. The number of aromatic nitrogens is 2. The van der Waals surface area contributed by atoms with Gasteiger partial charge in [0.15, 0.2) is 0 Å². The van der Waals surface area contributed by atoms with E-state index in [4.69, 9.17) is 9.47 Å². The molecule has 0 spiro atoms. The fraction of sp³-hybridized carbons (Fsp3) is 0.333. The highest BCUT2D eigenvalue weighted by Crippen LogP contribution is 2.09. The number of pyridine rings is 1. The van der Waals surface area contributed by atoms with Crippen LogP contribution >= 0.6 is 0 Å². The summed E-state index contributed by atoms with van der Waals surface area (Å²) in [4.78, 5) is 15.7. The predicted octanol–water partition coefficient (Wildman–Crippen LogP) is 0.936. The molecule has 96 valence electrons. The van der Waals surface area contributed by atoms with Crippen LogP contribution in [0.4, 0.5) is 5.95 Å². The molecule has 2 heterocycles. The van der Waals surface area contributed by atoms with Gasteiger partial charge in [0.25, 0.3) is 5.91 Å². The Morgan fingerprint density at radius 3 is 3.17 bits per heavy atom. The van der Waals surface area contributed by atoms with E-state index in [2.05, 4.69) is 10.3 Å². The number of carbonyl (C=O) groups is 1. The van der Waals surface area contributed by atoms with Crippen LogP contribution in [0.15, 0.2) is 30.6 Å². The van der Waals surface area contributed by atoms with E-state index >= 15 is 0 Å². The molecular formula is C12H15N3O3. The molecule has 0 unspecified atom stereocenters. The van der Waals surface area contributed by atoms with Crippen LogP contribution in [0, 0.1) is 0 Å². The smallest absolute Gasteiger partial charge is 0.252 e. The van der Waals surface area contributed by atoms with Crippen molar-refractivity contribution in [2.45, 2.75) is 0 Å². The molecule has 2 rings (SSSR count). The summed E-state index contributed by atoms with van der Waals surface area (Å²) < 4.78 is 11.7. The molecule has 0 aliphatic carbocycles. The van der Waals surface area contributed by atoms with Crippen molar-refractivity contribution < 1.29 is 14.3 Å². The van der Waals surface area contributed by atoms with Crippen molar-refractivity contribution in [3.8, 4) is 0 Å². The predicted molar refractivity (Wildman–Crippen MR) is 66.5 cm³/mol. The van der Waals surface area contributed by atoms with Crippen LogP contribution < -0.4 is 5.32 Å². The number of nitrogens with one attached hydrogen (secondary N) is 1. The molecule has 2 aromatic rings. The fourth-order valence-electron chi connectivity index (χ4n) is 1.50. The Bertz CT molecular complexity index is 524. The summed E-state index contributed by atoms with van der Waals surface area (Å²) in [6, 6.07) is 5.70. The van der Waals surface area contributed by atoms with E-state index in [-0.39, 0.29) is 12.5 Å². The van der Waals surface area contributed by atoms with E-state index < -0.39 is 0 Å². The van der Waals surface area contributed by atoms with E-state index in [1.807, 2.05) is 24.4 Å². The minimum absolute atomic E-state index is 0.00882. The summed E-state index contributed by atoms with van der Waals surface area (Å²) in [7, 11) is 1.58. The van der Waals surface area contributed by atoms with Crippen molar-refractivity contribution in [1.29, 1.82) is 0 Å². The molecule has 1 amide bonds. The number of hydrogen-bond acceptors (Lipinski definition) is 4. The van der Waals surface area contributed by atoms with Crippen LogP contribution in [0.5, 0.6) is 0 Å². The Balaban J connectivity index is 1.91. The first-order chi connectivity index (χ1) is 8.81. The highest BCUT2D eigenvalue weighted by Gasteiger charge is 2.07. The first-order valence-electron chi connectivity index (χ1n) is 5.60. The topological polar surface area (TPSA) is 64.9 Å². The van der Waals surface area contributed by atoms with Gasteiger partial charge < -0.3 is 9.47 Å². The lowest BCUT2D eigenvalue weighted by atomic mass is 10.4. The zero-order valence-electron chi connectivity index (χ0n) is 10.1. The standard InChI is InChI=1S/C12H15N3O3/c1-17-6-7-18-9-11(16)14-12-13-8-10-4-2-3-5-15(10)12/h2-5,8H,6-7,9H2,1H3,(H,13,14,16). The van der Waals surface area contributed by atoms with E-state index in [1.54, 1.807) is 17.7 Å². The Morgan fingerprint density at radius 1 is 1.44 bits per heavy atom. The molecule has 0 aliphatic rings. The lowest BCUT2D eigenvalue weighted by Crippen LogP contribution is -2.20. The van der Waals surface area contributed by atoms with Crippen LogP contribution in [-0.4, -0.2) is 42.2 Å². The van der Waals surface area contributed by atoms with E-state index in [0.29, 0.717) is 19.2 Å². The summed E-state index contributed by atoms with van der Waals surface area (Å²) in [5.41, 5.74) is 0.924. The lowest BCUT2D eigenvalue weighted by molar-refractivity contribution is -0.121. The maximum absolute atomic E-state index is 11.6. The molecule has 0 atom stereocenters. The van der Waals surface area contributed by atoms with Gasteiger partial charge in [0.05, 0.1) is 24.9 Å². The molecule has 0 radical (unpaired) electrons. The van der Waals surface area contributed by atoms with Gasteiger partial charge in [-0.2, -0.15) is 0 Å². The minimum Gasteiger partial charge on any atom is -0.382 e. The third-order valence-corrected chi connectivity index (χ3v) is 2.35. The monoisotopic (exact) mass is 249 g/mol. The average Bonchev–Trinajstić information content (AvgIpc) is 2.78. The first kappa shape index (κ1) is 12.5. The minimum atomic E-state index is -0.234. The molecule has 18 heavy (non-hydrogen) atoms. The van der Waals surface area contributed by atoms with Crippen LogP contribution in [0.25, 0.3) is 5.52 Å². The fourth-order valence-corrected chi connectivity index (χ4v) is 1.50. The van der Waals surface area contributed by atoms with E-state index in [9.17, 15) is 4.79 Å². The van der Waals surface area contributed by atoms with Crippen molar-refractivity contribution in [1.82, 2.24) is 9.38 Å². The molecule has 0 fully saturated rings. The molecule has 6 heteroatoms. The van der Waals surface area contributed by atoms with Crippen LogP contribution in [0.2, 0.25) is 0 Å². The van der Waals surface area contributed by atoms with Gasteiger partial charge >= 0.3 is 0 Å². The Morgan fingerprint density at radius 2 is 2.33 bits per heavy atom. The number of methoxy groups -OCH3 is 1. The number of nitrogens with zero attached hydrogens (tertiary/aromatic N) is 2. The average molecular weight is 249 g/mol. The van der Waals surface area contributed by atoms with Crippen molar-refractivity contribution in [2.24, 2.45) is 0 Å². The highest BCUT2D eigenvalue weighted by atomic mass is 16.5. The van der Waals surface area contributed by atoms with Gasteiger partial charge in [-0.15, -0.1) is 0 Å². The lowest BCUT2D eigenvalue weighted by Gasteiger charge is -2.05. The number of amides is 1. The van der Waals surface area contributed by atoms with Gasteiger partial charge in [0.1, 0.15) is 6.61 Å². The van der Waals surface area contributed by atoms with Crippen LogP contribution in [0.1, 0.15) is 0 Å². The van der Waals surface area contributed by atoms with Gasteiger partial charge in [0.2, 0.25) is 5.95 Å². The third-order valence-electron chi connectivity index (χ3n) is 2.35. The molecule has 0 aliphatic heterocycles. The summed E-state index contributed by atoms with van der Waals surface area (Å²) in [5, 5.41) is 2.69. The molecule has 2 aromatic heterocycles. The maximum Gasteiger partial charge on any atom is 0.252 e. The molecule has 1 N–H and O–H groups in total.